The average Bonchev–Trinajstić information content (AvgIpc) is 2.05. The maximum Gasteiger partial charge on any atom is 0.402 e. The summed E-state index contributed by atoms with van der Waals surface area (Å²) in [4.78, 5) is 19.0. The predicted molar refractivity (Wildman–Crippen MR) is 45.6 cm³/mol. The minimum absolute atomic E-state index is 0.331. The first-order valence-electron chi connectivity index (χ1n) is 3.30. The van der Waals surface area contributed by atoms with E-state index in [9.17, 15) is 4.79 Å². The Bertz CT molecular complexity index is 279. The van der Waals surface area contributed by atoms with Gasteiger partial charge in [-0.3, -0.25) is 0 Å². The number of hydrogen-bond donors (Lipinski definition) is 3. The van der Waals surface area contributed by atoms with Crippen LogP contribution in [0.25, 0.3) is 0 Å². The van der Waals surface area contributed by atoms with Crippen LogP contribution in [-0.4, -0.2) is 22.3 Å². The zero-order valence-electron chi connectivity index (χ0n) is 6.68. The van der Waals surface area contributed by atoms with Crippen molar-refractivity contribution in [1.82, 2.24) is 0 Å². The first-order chi connectivity index (χ1) is 6.04. The lowest BCUT2D eigenvalue weighted by Gasteiger charge is -1.88. The SMILES string of the molecule is NC(=O)O.O=C(O)c1ccccc1. The largest absolute Gasteiger partial charge is 0.478 e. The van der Waals surface area contributed by atoms with Crippen LogP contribution in [0.3, 0.4) is 0 Å². The topological polar surface area (TPSA) is 101 Å². The molecular weight excluding hydrogens is 174 g/mol. The van der Waals surface area contributed by atoms with E-state index in [1.165, 1.54) is 0 Å². The number of carboxylic acid groups (broad SMARTS) is 2. The molecular formula is C8H9NO4. The Morgan fingerprint density at radius 1 is 1.08 bits per heavy atom. The van der Waals surface area contributed by atoms with Gasteiger partial charge in [0, 0.05) is 0 Å². The van der Waals surface area contributed by atoms with Gasteiger partial charge in [-0.2, -0.15) is 0 Å². The van der Waals surface area contributed by atoms with Gasteiger partial charge < -0.3 is 15.9 Å². The molecule has 0 atom stereocenters. The van der Waals surface area contributed by atoms with Crippen molar-refractivity contribution in [1.29, 1.82) is 0 Å². The first kappa shape index (κ1) is 11.0. The number of amides is 1. The molecule has 0 saturated heterocycles. The molecule has 0 bridgehead atoms. The number of rotatable bonds is 1. The van der Waals surface area contributed by atoms with Crippen LogP contribution in [0.15, 0.2) is 30.3 Å². The Morgan fingerprint density at radius 2 is 1.46 bits per heavy atom. The molecule has 0 spiro atoms. The van der Waals surface area contributed by atoms with Crippen LogP contribution in [-0.2, 0) is 0 Å². The Morgan fingerprint density at radius 3 is 1.69 bits per heavy atom. The van der Waals surface area contributed by atoms with Crippen LogP contribution in [0.2, 0.25) is 0 Å². The van der Waals surface area contributed by atoms with Crippen molar-refractivity contribution in [2.75, 3.05) is 0 Å². The van der Waals surface area contributed by atoms with Gasteiger partial charge in [-0.1, -0.05) is 18.2 Å². The average molecular weight is 183 g/mol. The maximum atomic E-state index is 10.2. The molecule has 0 aliphatic heterocycles. The number of primary amides is 1. The second-order valence-corrected chi connectivity index (χ2v) is 2.01. The van der Waals surface area contributed by atoms with Gasteiger partial charge in [-0.05, 0) is 12.1 Å². The lowest BCUT2D eigenvalue weighted by atomic mass is 10.2. The normalized spacial score (nSPS) is 8.00. The van der Waals surface area contributed by atoms with Crippen molar-refractivity contribution < 1.29 is 19.8 Å². The third kappa shape index (κ3) is 6.36. The smallest absolute Gasteiger partial charge is 0.402 e. The summed E-state index contributed by atoms with van der Waals surface area (Å²) in [6, 6.07) is 8.30. The Hall–Kier alpha value is -2.04. The second-order valence-electron chi connectivity index (χ2n) is 2.01. The summed E-state index contributed by atoms with van der Waals surface area (Å²) in [5.41, 5.74) is 4.36. The molecule has 0 unspecified atom stereocenters. The lowest BCUT2D eigenvalue weighted by molar-refractivity contribution is 0.0697. The molecule has 70 valence electrons. The fourth-order valence-electron chi connectivity index (χ4n) is 0.581. The van der Waals surface area contributed by atoms with Crippen LogP contribution in [0.5, 0.6) is 0 Å². The molecule has 1 rings (SSSR count). The molecule has 0 heterocycles. The van der Waals surface area contributed by atoms with Crippen LogP contribution in [0.1, 0.15) is 10.4 Å². The number of nitrogens with two attached hydrogens (primary N) is 1. The standard InChI is InChI=1S/C7H6O2.CH3NO2/c8-7(9)6-4-2-1-3-5-6;2-1(3)4/h1-5H,(H,8,9);2H2,(H,3,4). The predicted octanol–water partition coefficient (Wildman–Crippen LogP) is 1.01. The Labute approximate surface area is 74.4 Å². The van der Waals surface area contributed by atoms with E-state index >= 15 is 0 Å². The van der Waals surface area contributed by atoms with Crippen molar-refractivity contribution in [3.63, 3.8) is 0 Å². The minimum Gasteiger partial charge on any atom is -0.478 e. The van der Waals surface area contributed by atoms with Crippen molar-refractivity contribution in [3.8, 4) is 0 Å². The lowest BCUT2D eigenvalue weighted by Crippen LogP contribution is -2.03. The highest BCUT2D eigenvalue weighted by atomic mass is 16.4. The monoisotopic (exact) mass is 183 g/mol. The number of benzene rings is 1. The number of hydrogen-bond acceptors (Lipinski definition) is 2. The summed E-state index contributed by atoms with van der Waals surface area (Å²) in [5, 5.41) is 15.6. The minimum atomic E-state index is -1.33. The van der Waals surface area contributed by atoms with E-state index in [-0.39, 0.29) is 0 Å². The van der Waals surface area contributed by atoms with Gasteiger partial charge >= 0.3 is 12.1 Å². The summed E-state index contributed by atoms with van der Waals surface area (Å²) < 4.78 is 0. The van der Waals surface area contributed by atoms with E-state index in [0.717, 1.165) is 0 Å². The highest BCUT2D eigenvalue weighted by Gasteiger charge is 1.96. The van der Waals surface area contributed by atoms with Crippen LogP contribution < -0.4 is 5.73 Å². The van der Waals surface area contributed by atoms with Gasteiger partial charge in [-0.25, -0.2) is 9.59 Å². The summed E-state index contributed by atoms with van der Waals surface area (Å²) in [6.07, 6.45) is -1.33. The molecule has 0 fully saturated rings. The van der Waals surface area contributed by atoms with Crippen LogP contribution >= 0.6 is 0 Å². The highest BCUT2D eigenvalue weighted by Crippen LogP contribution is 1.96. The van der Waals surface area contributed by atoms with E-state index in [2.05, 4.69) is 5.73 Å². The molecule has 13 heavy (non-hydrogen) atoms. The molecule has 0 aromatic heterocycles. The zero-order valence-corrected chi connectivity index (χ0v) is 6.68. The molecule has 1 aromatic rings. The van der Waals surface area contributed by atoms with Gasteiger partial charge in [0.1, 0.15) is 0 Å². The van der Waals surface area contributed by atoms with E-state index in [4.69, 9.17) is 15.0 Å². The molecule has 1 amide bonds. The second kappa shape index (κ2) is 5.59. The molecule has 0 aliphatic carbocycles. The van der Waals surface area contributed by atoms with Gasteiger partial charge in [0.2, 0.25) is 0 Å². The van der Waals surface area contributed by atoms with E-state index in [1.807, 2.05) is 0 Å². The van der Waals surface area contributed by atoms with Crippen molar-refractivity contribution in [3.05, 3.63) is 35.9 Å². The van der Waals surface area contributed by atoms with Crippen molar-refractivity contribution in [2.45, 2.75) is 0 Å². The Balaban J connectivity index is 0.000000310. The van der Waals surface area contributed by atoms with Crippen molar-refractivity contribution in [2.24, 2.45) is 5.73 Å². The molecule has 5 nitrogen and oxygen atoms in total. The first-order valence-corrected chi connectivity index (χ1v) is 3.30. The number of carboxylic acids is 1. The van der Waals surface area contributed by atoms with E-state index < -0.39 is 12.1 Å². The third-order valence-electron chi connectivity index (χ3n) is 1.02. The number of carbonyl (C=O) groups is 2. The van der Waals surface area contributed by atoms with Gasteiger partial charge in [0.15, 0.2) is 0 Å². The summed E-state index contributed by atoms with van der Waals surface area (Å²) >= 11 is 0. The fourth-order valence-corrected chi connectivity index (χ4v) is 0.581. The van der Waals surface area contributed by atoms with Gasteiger partial charge in [0.05, 0.1) is 5.56 Å². The molecule has 0 radical (unpaired) electrons. The quantitative estimate of drug-likeness (QED) is 0.604. The highest BCUT2D eigenvalue weighted by molar-refractivity contribution is 5.87. The van der Waals surface area contributed by atoms with E-state index in [0.29, 0.717) is 5.56 Å². The number of aromatic carboxylic acids is 1. The molecule has 1 aromatic carbocycles. The third-order valence-corrected chi connectivity index (χ3v) is 1.02. The molecule has 5 heteroatoms. The molecule has 0 saturated carbocycles. The Kier molecular flexibility index (Phi) is 4.71. The summed E-state index contributed by atoms with van der Waals surface area (Å²) in [7, 11) is 0. The van der Waals surface area contributed by atoms with Crippen LogP contribution in [0.4, 0.5) is 4.79 Å². The molecule has 0 aliphatic rings. The fraction of sp³-hybridized carbons (Fsp3) is 0. The summed E-state index contributed by atoms with van der Waals surface area (Å²) in [6.45, 7) is 0. The van der Waals surface area contributed by atoms with Crippen LogP contribution in [0, 0.1) is 0 Å². The maximum absolute atomic E-state index is 10.2. The van der Waals surface area contributed by atoms with Gasteiger partial charge in [0.25, 0.3) is 0 Å². The molecule has 4 N–H and O–H groups in total. The summed E-state index contributed by atoms with van der Waals surface area (Å²) in [5.74, 6) is -0.879. The van der Waals surface area contributed by atoms with Crippen molar-refractivity contribution >= 4 is 12.1 Å². The zero-order chi connectivity index (χ0) is 10.3. The van der Waals surface area contributed by atoms with E-state index in [1.54, 1.807) is 30.3 Å². The van der Waals surface area contributed by atoms with Gasteiger partial charge in [-0.15, -0.1) is 0 Å².